The van der Waals surface area contributed by atoms with Crippen LogP contribution in [0.15, 0.2) is 18.2 Å². The third-order valence-corrected chi connectivity index (χ3v) is 4.04. The Labute approximate surface area is 120 Å². The van der Waals surface area contributed by atoms with Gasteiger partial charge in [0.2, 0.25) is 0 Å². The van der Waals surface area contributed by atoms with Crippen molar-refractivity contribution in [1.29, 1.82) is 0 Å². The van der Waals surface area contributed by atoms with E-state index in [0.717, 1.165) is 25.8 Å². The van der Waals surface area contributed by atoms with Gasteiger partial charge < -0.3 is 14.7 Å². The Morgan fingerprint density at radius 1 is 1.40 bits per heavy atom. The quantitative estimate of drug-likeness (QED) is 0.923. The van der Waals surface area contributed by atoms with E-state index in [4.69, 9.17) is 4.74 Å². The molecule has 4 heteroatoms. The van der Waals surface area contributed by atoms with Crippen molar-refractivity contribution in [3.63, 3.8) is 0 Å². The fraction of sp³-hybridized carbons (Fsp3) is 0.562. The first-order chi connectivity index (χ1) is 9.67. The highest BCUT2D eigenvalue weighted by Crippen LogP contribution is 2.28. The molecule has 2 rings (SSSR count). The third-order valence-electron chi connectivity index (χ3n) is 4.04. The topological polar surface area (TPSA) is 49.8 Å². The second-order valence-electron chi connectivity index (χ2n) is 5.30. The van der Waals surface area contributed by atoms with Crippen molar-refractivity contribution in [2.75, 3.05) is 13.7 Å². The van der Waals surface area contributed by atoms with Gasteiger partial charge in [-0.25, -0.2) is 0 Å². The van der Waals surface area contributed by atoms with Gasteiger partial charge in [0.15, 0.2) is 11.5 Å². The molecule has 0 aromatic heterocycles. The monoisotopic (exact) mass is 277 g/mol. The van der Waals surface area contributed by atoms with Gasteiger partial charge in [-0.15, -0.1) is 0 Å². The highest BCUT2D eigenvalue weighted by Gasteiger charge is 2.25. The van der Waals surface area contributed by atoms with Gasteiger partial charge in [-0.1, -0.05) is 19.8 Å². The Morgan fingerprint density at radius 2 is 2.20 bits per heavy atom. The molecule has 1 unspecified atom stereocenters. The number of nitrogens with zero attached hydrogens (tertiary/aromatic N) is 1. The molecular weight excluding hydrogens is 254 g/mol. The molecule has 0 bridgehead atoms. The average molecular weight is 277 g/mol. The highest BCUT2D eigenvalue weighted by molar-refractivity contribution is 5.95. The first-order valence-corrected chi connectivity index (χ1v) is 7.35. The molecule has 1 aliphatic rings. The number of hydrogen-bond acceptors (Lipinski definition) is 3. The molecule has 1 aromatic carbocycles. The molecule has 4 nitrogen and oxygen atoms in total. The Bertz CT molecular complexity index is 473. The molecule has 0 radical (unpaired) electrons. The van der Waals surface area contributed by atoms with Gasteiger partial charge in [-0.05, 0) is 37.5 Å². The second kappa shape index (κ2) is 6.64. The Kier molecular flexibility index (Phi) is 4.88. The minimum Gasteiger partial charge on any atom is -0.504 e. The number of hydrogen-bond donors (Lipinski definition) is 1. The average Bonchev–Trinajstić information content (AvgIpc) is 2.71. The Balaban J connectivity index is 2.22. The number of methoxy groups -OCH3 is 1. The summed E-state index contributed by atoms with van der Waals surface area (Å²) in [4.78, 5) is 14.6. The lowest BCUT2D eigenvalue weighted by Gasteiger charge is -2.29. The third kappa shape index (κ3) is 3.06. The number of amides is 1. The second-order valence-corrected chi connectivity index (χ2v) is 5.30. The zero-order chi connectivity index (χ0) is 14.5. The smallest absolute Gasteiger partial charge is 0.254 e. The first kappa shape index (κ1) is 14.7. The summed E-state index contributed by atoms with van der Waals surface area (Å²) in [5.74, 6) is 0.419. The molecule has 1 fully saturated rings. The van der Waals surface area contributed by atoms with E-state index < -0.39 is 0 Å². The maximum Gasteiger partial charge on any atom is 0.254 e. The number of carbonyl (C=O) groups excluding carboxylic acids is 1. The summed E-state index contributed by atoms with van der Waals surface area (Å²) in [6, 6.07) is 5.17. The number of rotatable bonds is 3. The fourth-order valence-corrected chi connectivity index (χ4v) is 2.86. The molecule has 0 aliphatic carbocycles. The predicted molar refractivity (Wildman–Crippen MR) is 78.2 cm³/mol. The van der Waals surface area contributed by atoms with Crippen LogP contribution in [0, 0.1) is 0 Å². The summed E-state index contributed by atoms with van der Waals surface area (Å²) < 4.78 is 5.01. The molecular formula is C16H23NO3. The van der Waals surface area contributed by atoms with E-state index in [1.807, 2.05) is 4.90 Å². The number of phenols is 1. The molecule has 1 atom stereocenters. The van der Waals surface area contributed by atoms with Gasteiger partial charge in [0.05, 0.1) is 7.11 Å². The van der Waals surface area contributed by atoms with Crippen LogP contribution in [0.3, 0.4) is 0 Å². The minimum absolute atomic E-state index is 0.0108. The highest BCUT2D eigenvalue weighted by atomic mass is 16.5. The van der Waals surface area contributed by atoms with E-state index in [-0.39, 0.29) is 11.7 Å². The van der Waals surface area contributed by atoms with Crippen molar-refractivity contribution in [2.24, 2.45) is 0 Å². The maximum atomic E-state index is 12.6. The number of phenolic OH excluding ortho intramolecular Hbond substituents is 1. The lowest BCUT2D eigenvalue weighted by atomic mass is 10.1. The zero-order valence-electron chi connectivity index (χ0n) is 12.3. The lowest BCUT2D eigenvalue weighted by molar-refractivity contribution is 0.0677. The van der Waals surface area contributed by atoms with Gasteiger partial charge in [0, 0.05) is 18.2 Å². The lowest BCUT2D eigenvalue weighted by Crippen LogP contribution is -2.39. The molecule has 1 heterocycles. The number of ether oxygens (including phenoxy) is 1. The van der Waals surface area contributed by atoms with E-state index in [9.17, 15) is 9.90 Å². The van der Waals surface area contributed by atoms with Crippen LogP contribution in [0.5, 0.6) is 11.5 Å². The van der Waals surface area contributed by atoms with Crippen LogP contribution < -0.4 is 4.74 Å². The Hall–Kier alpha value is -1.71. The van der Waals surface area contributed by atoms with Crippen molar-refractivity contribution in [3.8, 4) is 11.5 Å². The predicted octanol–water partition coefficient (Wildman–Crippen LogP) is 3.20. The summed E-state index contributed by atoms with van der Waals surface area (Å²) in [6.45, 7) is 2.94. The summed E-state index contributed by atoms with van der Waals surface area (Å²) in [7, 11) is 1.50. The van der Waals surface area contributed by atoms with E-state index >= 15 is 0 Å². The molecule has 1 amide bonds. The summed E-state index contributed by atoms with van der Waals surface area (Å²) in [5.41, 5.74) is 0.531. The molecule has 1 N–H and O–H groups in total. The number of likely N-dealkylation sites (tertiary alicyclic amines) is 1. The first-order valence-electron chi connectivity index (χ1n) is 7.35. The van der Waals surface area contributed by atoms with Crippen molar-refractivity contribution in [2.45, 2.75) is 45.1 Å². The van der Waals surface area contributed by atoms with Crippen LogP contribution in [0.1, 0.15) is 49.4 Å². The maximum absolute atomic E-state index is 12.6. The van der Waals surface area contributed by atoms with Crippen molar-refractivity contribution < 1.29 is 14.6 Å². The van der Waals surface area contributed by atoms with E-state index in [2.05, 4.69) is 6.92 Å². The molecule has 0 saturated carbocycles. The van der Waals surface area contributed by atoms with E-state index in [0.29, 0.717) is 17.4 Å². The molecule has 20 heavy (non-hydrogen) atoms. The number of aromatic hydroxyl groups is 1. The van der Waals surface area contributed by atoms with Gasteiger partial charge in [0.1, 0.15) is 0 Å². The van der Waals surface area contributed by atoms with Crippen molar-refractivity contribution in [1.82, 2.24) is 4.90 Å². The van der Waals surface area contributed by atoms with E-state index in [1.54, 1.807) is 12.1 Å². The Morgan fingerprint density at radius 3 is 2.85 bits per heavy atom. The van der Waals surface area contributed by atoms with Crippen LogP contribution in [-0.4, -0.2) is 35.6 Å². The normalized spacial score (nSPS) is 19.5. The fourth-order valence-electron chi connectivity index (χ4n) is 2.86. The summed E-state index contributed by atoms with van der Waals surface area (Å²) in [6.07, 6.45) is 5.49. The van der Waals surface area contributed by atoms with Crippen molar-refractivity contribution in [3.05, 3.63) is 23.8 Å². The SMILES string of the molecule is CCC1CCCCCN1C(=O)c1ccc(OC)c(O)c1. The molecule has 1 aliphatic heterocycles. The van der Waals surface area contributed by atoms with E-state index in [1.165, 1.54) is 26.0 Å². The van der Waals surface area contributed by atoms with Crippen LogP contribution in [0.2, 0.25) is 0 Å². The van der Waals surface area contributed by atoms with Crippen LogP contribution >= 0.6 is 0 Å². The van der Waals surface area contributed by atoms with Crippen LogP contribution in [0.4, 0.5) is 0 Å². The number of carbonyl (C=O) groups is 1. The standard InChI is InChI=1S/C16H23NO3/c1-3-13-7-5-4-6-10-17(13)16(19)12-8-9-15(20-2)14(18)11-12/h8-9,11,13,18H,3-7,10H2,1-2H3. The minimum atomic E-state index is 0.0108. The molecule has 1 aromatic rings. The van der Waals surface area contributed by atoms with Gasteiger partial charge in [-0.2, -0.15) is 0 Å². The molecule has 110 valence electrons. The van der Waals surface area contributed by atoms with Gasteiger partial charge >= 0.3 is 0 Å². The zero-order valence-corrected chi connectivity index (χ0v) is 12.3. The summed E-state index contributed by atoms with van der Waals surface area (Å²) in [5, 5.41) is 9.82. The largest absolute Gasteiger partial charge is 0.504 e. The van der Waals surface area contributed by atoms with Gasteiger partial charge in [-0.3, -0.25) is 4.79 Å². The van der Waals surface area contributed by atoms with Crippen LogP contribution in [0.25, 0.3) is 0 Å². The number of benzene rings is 1. The van der Waals surface area contributed by atoms with Gasteiger partial charge in [0.25, 0.3) is 5.91 Å². The molecule has 0 spiro atoms. The summed E-state index contributed by atoms with van der Waals surface area (Å²) >= 11 is 0. The molecule has 1 saturated heterocycles. The van der Waals surface area contributed by atoms with Crippen molar-refractivity contribution >= 4 is 5.91 Å². The van der Waals surface area contributed by atoms with Crippen LogP contribution in [-0.2, 0) is 0 Å².